The Morgan fingerprint density at radius 2 is 2.12 bits per heavy atom. The van der Waals surface area contributed by atoms with Gasteiger partial charge in [0.15, 0.2) is 0 Å². The molecule has 0 saturated heterocycles. The highest BCUT2D eigenvalue weighted by atomic mass is 35.5. The third-order valence-electron chi connectivity index (χ3n) is 3.82. The van der Waals surface area contributed by atoms with E-state index in [1.165, 1.54) is 29.4 Å². The summed E-state index contributed by atoms with van der Waals surface area (Å²) < 4.78 is 2.09. The Morgan fingerprint density at radius 3 is 2.76 bits per heavy atom. The predicted octanol–water partition coefficient (Wildman–Crippen LogP) is 3.62. The van der Waals surface area contributed by atoms with Crippen molar-refractivity contribution in [3.8, 4) is 0 Å². The average molecular weight is 249 g/mol. The molecule has 1 saturated carbocycles. The molecule has 1 aromatic heterocycles. The van der Waals surface area contributed by atoms with Crippen LogP contribution in [0.25, 0.3) is 10.9 Å². The Kier molecular flexibility index (Phi) is 2.62. The van der Waals surface area contributed by atoms with Gasteiger partial charge in [0.2, 0.25) is 0 Å². The van der Waals surface area contributed by atoms with Gasteiger partial charge in [-0.15, -0.1) is 11.6 Å². The second kappa shape index (κ2) is 4.02. The number of fused-ring (bicyclic) bond motifs is 1. The van der Waals surface area contributed by atoms with Crippen molar-refractivity contribution in [2.75, 3.05) is 5.88 Å². The number of hydrogen-bond donors (Lipinski definition) is 0. The predicted molar refractivity (Wildman–Crippen MR) is 71.5 cm³/mol. The van der Waals surface area contributed by atoms with E-state index in [0.717, 1.165) is 18.8 Å². The van der Waals surface area contributed by atoms with Gasteiger partial charge in [0.1, 0.15) is 0 Å². The van der Waals surface area contributed by atoms with Crippen molar-refractivity contribution in [3.63, 3.8) is 0 Å². The largest absolute Gasteiger partial charge is 0.265 e. The summed E-state index contributed by atoms with van der Waals surface area (Å²) in [5, 5.41) is 6.04. The summed E-state index contributed by atoms with van der Waals surface area (Å²) in [4.78, 5) is 0. The number of hydrogen-bond acceptors (Lipinski definition) is 1. The SMILES string of the molecule is CCn1nc(CC2(CCl)CC2)c2ccccc21. The van der Waals surface area contributed by atoms with Gasteiger partial charge < -0.3 is 0 Å². The highest BCUT2D eigenvalue weighted by Gasteiger charge is 2.42. The summed E-state index contributed by atoms with van der Waals surface area (Å²) in [6.45, 7) is 3.06. The van der Waals surface area contributed by atoms with Crippen molar-refractivity contribution in [1.29, 1.82) is 0 Å². The zero-order valence-electron chi connectivity index (χ0n) is 10.1. The molecule has 0 spiro atoms. The number of aryl methyl sites for hydroxylation is 1. The van der Waals surface area contributed by atoms with E-state index in [0.29, 0.717) is 5.41 Å². The molecule has 1 fully saturated rings. The third kappa shape index (κ3) is 1.85. The van der Waals surface area contributed by atoms with Crippen LogP contribution in [0.15, 0.2) is 24.3 Å². The maximum Gasteiger partial charge on any atom is 0.0709 e. The highest BCUT2D eigenvalue weighted by molar-refractivity contribution is 6.18. The zero-order chi connectivity index (χ0) is 11.9. The van der Waals surface area contributed by atoms with Gasteiger partial charge >= 0.3 is 0 Å². The lowest BCUT2D eigenvalue weighted by Crippen LogP contribution is -2.08. The Balaban J connectivity index is 2.04. The van der Waals surface area contributed by atoms with E-state index in [1.54, 1.807) is 0 Å². The summed E-state index contributed by atoms with van der Waals surface area (Å²) in [5.41, 5.74) is 2.81. The van der Waals surface area contributed by atoms with E-state index in [4.69, 9.17) is 16.7 Å². The first kappa shape index (κ1) is 11.1. The zero-order valence-corrected chi connectivity index (χ0v) is 10.9. The molecule has 0 N–H and O–H groups in total. The van der Waals surface area contributed by atoms with Gasteiger partial charge in [-0.2, -0.15) is 5.10 Å². The molecule has 0 unspecified atom stereocenters. The minimum absolute atomic E-state index is 0.344. The minimum atomic E-state index is 0.344. The normalized spacial score (nSPS) is 17.5. The highest BCUT2D eigenvalue weighted by Crippen LogP contribution is 2.49. The van der Waals surface area contributed by atoms with Gasteiger partial charge in [0, 0.05) is 17.8 Å². The Hall–Kier alpha value is -1.02. The topological polar surface area (TPSA) is 17.8 Å². The van der Waals surface area contributed by atoms with Crippen LogP contribution >= 0.6 is 11.6 Å². The van der Waals surface area contributed by atoms with Gasteiger partial charge in [0.25, 0.3) is 0 Å². The number of alkyl halides is 1. The van der Waals surface area contributed by atoms with E-state index in [1.807, 2.05) is 0 Å². The van der Waals surface area contributed by atoms with Crippen LogP contribution in [-0.2, 0) is 13.0 Å². The maximum atomic E-state index is 6.06. The Labute approximate surface area is 107 Å². The molecule has 0 bridgehead atoms. The molecular formula is C14H17ClN2. The third-order valence-corrected chi connectivity index (χ3v) is 4.38. The fraction of sp³-hybridized carbons (Fsp3) is 0.500. The molecule has 2 aromatic rings. The monoisotopic (exact) mass is 248 g/mol. The van der Waals surface area contributed by atoms with E-state index in [9.17, 15) is 0 Å². The summed E-state index contributed by atoms with van der Waals surface area (Å²) in [7, 11) is 0. The van der Waals surface area contributed by atoms with Crippen molar-refractivity contribution in [2.45, 2.75) is 32.7 Å². The minimum Gasteiger partial charge on any atom is -0.265 e. The summed E-state index contributed by atoms with van der Waals surface area (Å²) in [6.07, 6.45) is 3.54. The number of benzene rings is 1. The molecule has 3 rings (SSSR count). The van der Waals surface area contributed by atoms with Crippen molar-refractivity contribution in [3.05, 3.63) is 30.0 Å². The average Bonchev–Trinajstić information content (AvgIpc) is 3.06. The summed E-state index contributed by atoms with van der Waals surface area (Å²) >= 11 is 6.06. The van der Waals surface area contributed by atoms with Gasteiger partial charge in [0.05, 0.1) is 11.2 Å². The van der Waals surface area contributed by atoms with E-state index >= 15 is 0 Å². The van der Waals surface area contributed by atoms with Crippen molar-refractivity contribution in [1.82, 2.24) is 9.78 Å². The molecule has 1 heterocycles. The molecule has 0 aliphatic heterocycles. The van der Waals surface area contributed by atoms with Crippen LogP contribution < -0.4 is 0 Å². The molecule has 2 nitrogen and oxygen atoms in total. The standard InChI is InChI=1S/C14H17ClN2/c1-2-17-13-6-4-3-5-11(13)12(16-17)9-14(10-15)7-8-14/h3-6H,2,7-10H2,1H3. The molecule has 1 aromatic carbocycles. The smallest absolute Gasteiger partial charge is 0.0709 e. The molecule has 1 aliphatic rings. The second-order valence-corrected chi connectivity index (χ2v) is 5.36. The fourth-order valence-electron chi connectivity index (χ4n) is 2.46. The van der Waals surface area contributed by atoms with Crippen LogP contribution in [0, 0.1) is 5.41 Å². The molecule has 0 radical (unpaired) electrons. The number of para-hydroxylation sites is 1. The quantitative estimate of drug-likeness (QED) is 0.756. The first-order chi connectivity index (χ1) is 8.28. The van der Waals surface area contributed by atoms with E-state index < -0.39 is 0 Å². The molecule has 1 aliphatic carbocycles. The number of rotatable bonds is 4. The lowest BCUT2D eigenvalue weighted by molar-refractivity contribution is 0.556. The molecule has 3 heteroatoms. The number of aromatic nitrogens is 2. The van der Waals surface area contributed by atoms with Crippen LogP contribution in [0.4, 0.5) is 0 Å². The molecule has 90 valence electrons. The van der Waals surface area contributed by atoms with Gasteiger partial charge in [-0.05, 0) is 37.7 Å². The molecular weight excluding hydrogens is 232 g/mol. The molecule has 0 atom stereocenters. The van der Waals surface area contributed by atoms with Crippen LogP contribution in [0.5, 0.6) is 0 Å². The number of nitrogens with zero attached hydrogens (tertiary/aromatic N) is 2. The van der Waals surface area contributed by atoms with Gasteiger partial charge in [-0.25, -0.2) is 0 Å². The van der Waals surface area contributed by atoms with Crippen molar-refractivity contribution >= 4 is 22.5 Å². The van der Waals surface area contributed by atoms with Gasteiger partial charge in [-0.1, -0.05) is 18.2 Å². The first-order valence-electron chi connectivity index (χ1n) is 6.28. The first-order valence-corrected chi connectivity index (χ1v) is 6.82. The lowest BCUT2D eigenvalue weighted by atomic mass is 10.0. The van der Waals surface area contributed by atoms with Crippen LogP contribution in [0.2, 0.25) is 0 Å². The van der Waals surface area contributed by atoms with Crippen molar-refractivity contribution in [2.24, 2.45) is 5.41 Å². The molecule has 17 heavy (non-hydrogen) atoms. The van der Waals surface area contributed by atoms with Crippen LogP contribution in [0.1, 0.15) is 25.5 Å². The summed E-state index contributed by atoms with van der Waals surface area (Å²) in [5.74, 6) is 0.764. The lowest BCUT2D eigenvalue weighted by Gasteiger charge is -2.08. The van der Waals surface area contributed by atoms with Crippen LogP contribution in [0.3, 0.4) is 0 Å². The van der Waals surface area contributed by atoms with Crippen molar-refractivity contribution < 1.29 is 0 Å². The second-order valence-electron chi connectivity index (χ2n) is 5.09. The molecule has 0 amide bonds. The van der Waals surface area contributed by atoms with E-state index in [2.05, 4.69) is 35.9 Å². The Morgan fingerprint density at radius 1 is 1.35 bits per heavy atom. The fourth-order valence-corrected chi connectivity index (χ4v) is 2.82. The van der Waals surface area contributed by atoms with Crippen LogP contribution in [-0.4, -0.2) is 15.7 Å². The van der Waals surface area contributed by atoms with Gasteiger partial charge in [-0.3, -0.25) is 4.68 Å². The summed E-state index contributed by atoms with van der Waals surface area (Å²) in [6, 6.07) is 8.49. The number of halogens is 1. The van der Waals surface area contributed by atoms with E-state index in [-0.39, 0.29) is 0 Å². The maximum absolute atomic E-state index is 6.06. The Bertz CT molecular complexity index is 540.